The number of urea groups is 1. The zero-order valence-corrected chi connectivity index (χ0v) is 21.6. The number of hydrazine groups is 1. The second-order valence-corrected chi connectivity index (χ2v) is 23.0. The Bertz CT molecular complexity index is 1010. The Morgan fingerprint density at radius 2 is 1.77 bits per heavy atom. The molecule has 162 valence electrons. The van der Waals surface area contributed by atoms with Crippen LogP contribution in [0.4, 0.5) is 21.9 Å². The van der Waals surface area contributed by atoms with E-state index in [2.05, 4.69) is 55.1 Å². The van der Waals surface area contributed by atoms with Crippen molar-refractivity contribution >= 4 is 50.9 Å². The summed E-state index contributed by atoms with van der Waals surface area (Å²) in [6.07, 6.45) is 0. The first-order chi connectivity index (χ1) is 13.9. The van der Waals surface area contributed by atoms with Crippen LogP contribution in [0.3, 0.4) is 0 Å². The SMILES string of the molecule is CNc1cc(NNC(=O)Nc2c[c]([Sn]([CH3])([CH3])[CH3])[nH]c(=O)c2)cc(C(C)C)c1C(C)=N. The Kier molecular flexibility index (Phi) is 7.57. The molecule has 1 aromatic heterocycles. The zero-order valence-electron chi connectivity index (χ0n) is 18.7. The van der Waals surface area contributed by atoms with Crippen molar-refractivity contribution in [2.45, 2.75) is 41.5 Å². The molecular weight excluding hydrogens is 487 g/mol. The molecule has 2 rings (SSSR count). The molecule has 1 heterocycles. The van der Waals surface area contributed by atoms with Gasteiger partial charge in [-0.05, 0) is 6.92 Å². The van der Waals surface area contributed by atoms with Gasteiger partial charge in [0.25, 0.3) is 0 Å². The van der Waals surface area contributed by atoms with Gasteiger partial charge in [-0.1, -0.05) is 0 Å². The molecule has 0 aliphatic rings. The number of H-pyrrole nitrogens is 1. The number of nitrogens with one attached hydrogen (secondary N) is 6. The molecule has 2 amide bonds. The van der Waals surface area contributed by atoms with E-state index < -0.39 is 24.4 Å². The van der Waals surface area contributed by atoms with E-state index in [-0.39, 0.29) is 11.5 Å². The quantitative estimate of drug-likeness (QED) is 0.190. The number of anilines is 3. The first kappa shape index (κ1) is 23.8. The van der Waals surface area contributed by atoms with Crippen LogP contribution in [-0.4, -0.2) is 42.2 Å². The Morgan fingerprint density at radius 1 is 1.10 bits per heavy atom. The van der Waals surface area contributed by atoms with E-state index in [1.165, 1.54) is 6.07 Å². The van der Waals surface area contributed by atoms with E-state index in [0.29, 0.717) is 17.1 Å². The van der Waals surface area contributed by atoms with E-state index in [1.54, 1.807) is 14.0 Å². The predicted octanol–water partition coefficient (Wildman–Crippen LogP) is 3.62. The summed E-state index contributed by atoms with van der Waals surface area (Å²) < 4.78 is 0.942. The molecule has 0 bridgehead atoms. The van der Waals surface area contributed by atoms with Crippen molar-refractivity contribution in [2.24, 2.45) is 0 Å². The number of pyridine rings is 1. The minimum absolute atomic E-state index is 0.209. The Labute approximate surface area is 181 Å². The molecule has 0 saturated heterocycles. The number of hydrogen-bond acceptors (Lipinski definition) is 5. The molecule has 30 heavy (non-hydrogen) atoms. The molecule has 0 radical (unpaired) electrons. The maximum atomic E-state index is 12.4. The molecule has 0 unspecified atom stereocenters. The molecule has 0 spiro atoms. The van der Waals surface area contributed by atoms with Gasteiger partial charge in [0.1, 0.15) is 0 Å². The smallest absolute Gasteiger partial charge is 0.305 e. The topological polar surface area (TPSA) is 122 Å². The van der Waals surface area contributed by atoms with Gasteiger partial charge >= 0.3 is 170 Å². The maximum absolute atomic E-state index is 12.4. The van der Waals surface area contributed by atoms with E-state index in [4.69, 9.17) is 5.41 Å². The monoisotopic (exact) mass is 520 g/mol. The first-order valence-corrected chi connectivity index (χ1v) is 19.9. The number of carbonyl (C=O) groups is 1. The summed E-state index contributed by atoms with van der Waals surface area (Å²) in [4.78, 5) is 33.8. The number of amides is 2. The van der Waals surface area contributed by atoms with Gasteiger partial charge in [0.15, 0.2) is 0 Å². The van der Waals surface area contributed by atoms with Gasteiger partial charge in [-0.3, -0.25) is 0 Å². The van der Waals surface area contributed by atoms with Crippen LogP contribution in [0.1, 0.15) is 37.8 Å². The van der Waals surface area contributed by atoms with Crippen LogP contribution in [0, 0.1) is 5.41 Å². The van der Waals surface area contributed by atoms with Gasteiger partial charge in [-0.25, -0.2) is 0 Å². The fourth-order valence-corrected chi connectivity index (χ4v) is 6.22. The predicted molar refractivity (Wildman–Crippen MR) is 128 cm³/mol. The van der Waals surface area contributed by atoms with Crippen molar-refractivity contribution in [3.63, 3.8) is 0 Å². The van der Waals surface area contributed by atoms with Crippen molar-refractivity contribution < 1.29 is 4.79 Å². The molecular formula is C21H32N6O2Sn. The fraction of sp³-hybridized carbons (Fsp3) is 0.381. The normalized spacial score (nSPS) is 11.2. The Balaban J connectivity index is 2.19. The summed E-state index contributed by atoms with van der Waals surface area (Å²) >= 11 is -2.48. The summed E-state index contributed by atoms with van der Waals surface area (Å²) in [7, 11) is 1.81. The summed E-state index contributed by atoms with van der Waals surface area (Å²) in [5, 5.41) is 13.9. The van der Waals surface area contributed by atoms with Crippen molar-refractivity contribution in [3.8, 4) is 0 Å². The van der Waals surface area contributed by atoms with E-state index >= 15 is 0 Å². The molecule has 0 aliphatic carbocycles. The minimum atomic E-state index is -2.48. The number of carbonyl (C=O) groups excluding carboxylic acids is 1. The van der Waals surface area contributed by atoms with Gasteiger partial charge in [-0.15, -0.1) is 0 Å². The average Bonchev–Trinajstić information content (AvgIpc) is 2.64. The molecule has 6 N–H and O–H groups in total. The van der Waals surface area contributed by atoms with Gasteiger partial charge in [0.2, 0.25) is 0 Å². The van der Waals surface area contributed by atoms with Crippen LogP contribution in [-0.2, 0) is 0 Å². The van der Waals surface area contributed by atoms with Crippen LogP contribution in [0.15, 0.2) is 29.1 Å². The van der Waals surface area contributed by atoms with Gasteiger partial charge in [0, 0.05) is 0 Å². The van der Waals surface area contributed by atoms with E-state index in [9.17, 15) is 9.59 Å². The summed E-state index contributed by atoms with van der Waals surface area (Å²) in [5.74, 6) is 0.209. The molecule has 0 saturated carbocycles. The molecule has 9 heteroatoms. The molecule has 0 aliphatic heterocycles. The minimum Gasteiger partial charge on any atom is -0.305 e. The second kappa shape index (κ2) is 9.55. The molecule has 0 fully saturated rings. The number of aromatic nitrogens is 1. The second-order valence-electron chi connectivity index (χ2n) is 8.62. The summed E-state index contributed by atoms with van der Waals surface area (Å²) in [6, 6.07) is 6.52. The van der Waals surface area contributed by atoms with Crippen LogP contribution in [0.25, 0.3) is 0 Å². The fourth-order valence-electron chi connectivity index (χ4n) is 3.12. The molecule has 1 aromatic carbocycles. The van der Waals surface area contributed by atoms with Crippen molar-refractivity contribution in [1.29, 1.82) is 5.41 Å². The third-order valence-corrected chi connectivity index (χ3v) is 10.0. The first-order valence-electron chi connectivity index (χ1n) is 9.91. The van der Waals surface area contributed by atoms with Crippen LogP contribution in [0.5, 0.6) is 0 Å². The third-order valence-electron chi connectivity index (χ3n) is 4.67. The zero-order chi connectivity index (χ0) is 22.6. The van der Waals surface area contributed by atoms with Gasteiger partial charge in [0.05, 0.1) is 0 Å². The van der Waals surface area contributed by atoms with E-state index in [0.717, 1.165) is 20.5 Å². The van der Waals surface area contributed by atoms with Crippen LogP contribution in [0.2, 0.25) is 14.8 Å². The average molecular weight is 519 g/mol. The Hall–Kier alpha value is -2.49. The number of rotatable bonds is 7. The summed E-state index contributed by atoms with van der Waals surface area (Å²) in [5.41, 5.74) is 9.64. The van der Waals surface area contributed by atoms with Crippen molar-refractivity contribution in [2.75, 3.05) is 23.1 Å². The molecule has 2 aromatic rings. The molecule has 0 atom stereocenters. The van der Waals surface area contributed by atoms with Gasteiger partial charge < -0.3 is 5.41 Å². The van der Waals surface area contributed by atoms with Gasteiger partial charge in [-0.2, -0.15) is 0 Å². The standard InChI is InChI=1S/C18H23N6O2.3CH3.Sn/c1-10(2)14-7-13(8-15(20-4)17(14)11(3)19)23-24-18(26)22-12-5-6-21-16(25)9-12;;;;/h5,7-10,19-20,23H,1-4H3,(H3,21,22,24,25,26);3*1H3;. The van der Waals surface area contributed by atoms with Crippen LogP contribution < -0.4 is 30.8 Å². The van der Waals surface area contributed by atoms with Crippen molar-refractivity contribution in [3.05, 3.63) is 45.7 Å². The summed E-state index contributed by atoms with van der Waals surface area (Å²) in [6.45, 7) is 5.89. The number of aromatic amines is 1. The third kappa shape index (κ3) is 6.01. The molecule has 8 nitrogen and oxygen atoms in total. The number of hydrogen-bond donors (Lipinski definition) is 6. The van der Waals surface area contributed by atoms with Crippen molar-refractivity contribution in [1.82, 2.24) is 10.4 Å². The van der Waals surface area contributed by atoms with E-state index in [1.807, 2.05) is 18.2 Å². The Morgan fingerprint density at radius 3 is 2.30 bits per heavy atom. The number of benzene rings is 1. The van der Waals surface area contributed by atoms with Crippen LogP contribution >= 0.6 is 0 Å².